The van der Waals surface area contributed by atoms with Gasteiger partial charge in [-0.1, -0.05) is 48.5 Å². The number of Topliss-reactive ketones (excluding diaryl/α,β-unsaturated/α-hetero) is 1. The molecule has 1 N–H and O–H groups in total. The number of ketones is 1. The lowest BCUT2D eigenvalue weighted by molar-refractivity contribution is -0.131. The largest absolute Gasteiger partial charge is 0.503 e. The first-order valence-corrected chi connectivity index (χ1v) is 10.6. The van der Waals surface area contributed by atoms with Crippen molar-refractivity contribution in [2.45, 2.75) is 12.1 Å². The molecule has 0 fully saturated rings. The number of methoxy groups -OCH3 is 3. The van der Waals surface area contributed by atoms with Crippen LogP contribution in [-0.2, 0) is 16.9 Å². The number of carbonyl (C=O) groups excluding carboxylic acids is 2. The Kier molecular flexibility index (Phi) is 6.27. The molecule has 0 aliphatic carbocycles. The summed E-state index contributed by atoms with van der Waals surface area (Å²) in [5.41, 5.74) is -0.0157. The Morgan fingerprint density at radius 1 is 0.882 bits per heavy atom. The maximum atomic E-state index is 14.1. The fourth-order valence-corrected chi connectivity index (χ4v) is 4.23. The van der Waals surface area contributed by atoms with Crippen LogP contribution in [0, 0.1) is 0 Å². The number of aliphatic hydroxyl groups excluding tert-OH is 1. The van der Waals surface area contributed by atoms with Gasteiger partial charge in [0.1, 0.15) is 5.75 Å². The van der Waals surface area contributed by atoms with Crippen LogP contribution in [-0.4, -0.2) is 43.0 Å². The van der Waals surface area contributed by atoms with E-state index in [0.29, 0.717) is 28.4 Å². The van der Waals surface area contributed by atoms with E-state index in [4.69, 9.17) is 14.2 Å². The molecule has 1 heterocycles. The normalized spacial score (nSPS) is 17.3. The lowest BCUT2D eigenvalue weighted by Crippen LogP contribution is -2.49. The highest BCUT2D eigenvalue weighted by Crippen LogP contribution is 2.43. The van der Waals surface area contributed by atoms with Crippen LogP contribution >= 0.6 is 0 Å². The Morgan fingerprint density at radius 3 is 2.29 bits per heavy atom. The molecule has 7 heteroatoms. The minimum Gasteiger partial charge on any atom is -0.503 e. The number of carbonyl (C=O) groups is 2. The average Bonchev–Trinajstić information content (AvgIpc) is 3.14. The van der Waals surface area contributed by atoms with E-state index in [-0.39, 0.29) is 12.3 Å². The van der Waals surface area contributed by atoms with Crippen LogP contribution in [0.15, 0.2) is 84.6 Å². The maximum Gasteiger partial charge on any atom is 0.290 e. The number of hydrogen-bond donors (Lipinski definition) is 1. The number of benzene rings is 3. The van der Waals surface area contributed by atoms with Gasteiger partial charge in [0.05, 0.1) is 21.3 Å². The molecule has 0 saturated carbocycles. The number of amides is 1. The predicted molar refractivity (Wildman–Crippen MR) is 126 cm³/mol. The molecule has 0 aromatic heterocycles. The van der Waals surface area contributed by atoms with Gasteiger partial charge >= 0.3 is 0 Å². The van der Waals surface area contributed by atoms with Crippen LogP contribution in [0.2, 0.25) is 0 Å². The van der Waals surface area contributed by atoms with Crippen LogP contribution in [0.3, 0.4) is 0 Å². The van der Waals surface area contributed by atoms with Crippen LogP contribution < -0.4 is 14.2 Å². The second-order valence-electron chi connectivity index (χ2n) is 7.80. The third-order valence-corrected chi connectivity index (χ3v) is 5.92. The number of aliphatic hydroxyl groups is 1. The van der Waals surface area contributed by atoms with Gasteiger partial charge in [-0.25, -0.2) is 0 Å². The first kappa shape index (κ1) is 22.9. The van der Waals surface area contributed by atoms with Crippen LogP contribution in [0.4, 0.5) is 0 Å². The first-order chi connectivity index (χ1) is 16.4. The Bertz CT molecular complexity index is 1250. The topological polar surface area (TPSA) is 85.3 Å². The molecular formula is C27H25NO6. The fraction of sp³-hybridized carbons (Fsp3) is 0.185. The van der Waals surface area contributed by atoms with Crippen molar-refractivity contribution in [1.82, 2.24) is 4.90 Å². The summed E-state index contributed by atoms with van der Waals surface area (Å²) in [4.78, 5) is 28.7. The van der Waals surface area contributed by atoms with E-state index in [2.05, 4.69) is 0 Å². The van der Waals surface area contributed by atoms with Gasteiger partial charge in [0.2, 0.25) is 0 Å². The Labute approximate surface area is 197 Å². The summed E-state index contributed by atoms with van der Waals surface area (Å²) in [5.74, 6) is -0.0175. The number of hydrogen-bond acceptors (Lipinski definition) is 6. The summed E-state index contributed by atoms with van der Waals surface area (Å²) in [6, 6.07) is 20.9. The minimum absolute atomic E-state index is 0.0590. The van der Waals surface area contributed by atoms with Gasteiger partial charge in [-0.05, 0) is 35.4 Å². The molecule has 0 radical (unpaired) electrons. The van der Waals surface area contributed by atoms with E-state index < -0.39 is 17.2 Å². The van der Waals surface area contributed by atoms with Gasteiger partial charge in [0.15, 0.2) is 28.6 Å². The third kappa shape index (κ3) is 3.85. The molecule has 1 amide bonds. The molecule has 174 valence electrons. The Morgan fingerprint density at radius 2 is 1.62 bits per heavy atom. The molecule has 0 spiro atoms. The highest BCUT2D eigenvalue weighted by Gasteiger charge is 2.52. The van der Waals surface area contributed by atoms with Gasteiger partial charge in [-0.2, -0.15) is 0 Å². The summed E-state index contributed by atoms with van der Waals surface area (Å²) in [6.45, 7) is 0.0590. The molecule has 0 bridgehead atoms. The summed E-state index contributed by atoms with van der Waals surface area (Å²) in [7, 11) is 4.57. The zero-order valence-corrected chi connectivity index (χ0v) is 19.1. The van der Waals surface area contributed by atoms with Crippen molar-refractivity contribution in [1.29, 1.82) is 0 Å². The Balaban J connectivity index is 1.93. The average molecular weight is 459 g/mol. The lowest BCUT2D eigenvalue weighted by atomic mass is 9.81. The summed E-state index contributed by atoms with van der Waals surface area (Å²) in [5, 5.41) is 10.6. The predicted octanol–water partition coefficient (Wildman–Crippen LogP) is 4.27. The number of ether oxygens (including phenoxy) is 3. The van der Waals surface area contributed by atoms with E-state index in [0.717, 1.165) is 5.56 Å². The number of rotatable bonds is 8. The molecule has 1 atom stereocenters. The Hall–Kier alpha value is -4.26. The second kappa shape index (κ2) is 9.31. The van der Waals surface area contributed by atoms with Gasteiger partial charge in [-0.3, -0.25) is 9.59 Å². The van der Waals surface area contributed by atoms with E-state index in [1.54, 1.807) is 73.8 Å². The van der Waals surface area contributed by atoms with Crippen LogP contribution in [0.25, 0.3) is 0 Å². The molecule has 3 aromatic carbocycles. The zero-order chi connectivity index (χ0) is 24.3. The number of nitrogens with zero attached hydrogens (tertiary/aromatic N) is 1. The van der Waals surface area contributed by atoms with Gasteiger partial charge in [0.25, 0.3) is 5.91 Å². The van der Waals surface area contributed by atoms with E-state index in [9.17, 15) is 14.7 Å². The molecule has 1 aliphatic heterocycles. The van der Waals surface area contributed by atoms with Crippen molar-refractivity contribution in [3.63, 3.8) is 0 Å². The highest BCUT2D eigenvalue weighted by atomic mass is 16.5. The molecular weight excluding hydrogens is 434 g/mol. The van der Waals surface area contributed by atoms with Gasteiger partial charge in [-0.15, -0.1) is 0 Å². The molecule has 1 unspecified atom stereocenters. The molecule has 0 saturated heterocycles. The van der Waals surface area contributed by atoms with Crippen molar-refractivity contribution >= 4 is 11.7 Å². The van der Waals surface area contributed by atoms with Crippen molar-refractivity contribution in [3.8, 4) is 17.2 Å². The zero-order valence-electron chi connectivity index (χ0n) is 19.1. The summed E-state index contributed by atoms with van der Waals surface area (Å²) < 4.78 is 16.1. The summed E-state index contributed by atoms with van der Waals surface area (Å²) in [6.07, 6.45) is 1.31. The smallest absolute Gasteiger partial charge is 0.290 e. The molecule has 3 aromatic rings. The van der Waals surface area contributed by atoms with E-state index >= 15 is 0 Å². The van der Waals surface area contributed by atoms with Crippen LogP contribution in [0.1, 0.15) is 21.5 Å². The molecule has 1 aliphatic rings. The van der Waals surface area contributed by atoms with Crippen molar-refractivity contribution in [3.05, 3.63) is 101 Å². The second-order valence-corrected chi connectivity index (χ2v) is 7.80. The monoisotopic (exact) mass is 459 g/mol. The SMILES string of the molecule is COc1cccc(CN2C(=O)C(O)=CC2(C(=O)c2ccccc2)c2ccc(OC)c(OC)c2)c1. The van der Waals surface area contributed by atoms with E-state index in [1.165, 1.54) is 25.2 Å². The fourth-order valence-electron chi connectivity index (χ4n) is 4.23. The van der Waals surface area contributed by atoms with Crippen LogP contribution in [0.5, 0.6) is 17.2 Å². The van der Waals surface area contributed by atoms with Crippen molar-refractivity contribution in [2.75, 3.05) is 21.3 Å². The minimum atomic E-state index is -1.61. The van der Waals surface area contributed by atoms with Crippen molar-refractivity contribution < 1.29 is 28.9 Å². The highest BCUT2D eigenvalue weighted by molar-refractivity contribution is 6.11. The molecule has 4 rings (SSSR count). The molecule has 34 heavy (non-hydrogen) atoms. The van der Waals surface area contributed by atoms with E-state index in [1.807, 2.05) is 6.07 Å². The lowest BCUT2D eigenvalue weighted by Gasteiger charge is -2.37. The molecule has 7 nitrogen and oxygen atoms in total. The van der Waals surface area contributed by atoms with Crippen molar-refractivity contribution in [2.24, 2.45) is 0 Å². The summed E-state index contributed by atoms with van der Waals surface area (Å²) >= 11 is 0. The first-order valence-electron chi connectivity index (χ1n) is 10.6. The third-order valence-electron chi connectivity index (χ3n) is 5.92. The quantitative estimate of drug-likeness (QED) is 0.507. The van der Waals surface area contributed by atoms with Gasteiger partial charge in [0, 0.05) is 18.2 Å². The maximum absolute atomic E-state index is 14.1. The van der Waals surface area contributed by atoms with Gasteiger partial charge < -0.3 is 24.2 Å². The standard InChI is InChI=1S/C27H25NO6/c1-32-21-11-7-8-18(14-21)17-28-26(31)22(29)16-27(28,25(30)19-9-5-4-6-10-19)20-12-13-23(33-2)24(15-20)34-3/h4-16,29H,17H2,1-3H3.